The smallest absolute Gasteiger partial charge is 0.161 e. The van der Waals surface area contributed by atoms with Gasteiger partial charge in [-0.3, -0.25) is 0 Å². The maximum atomic E-state index is 5.36. The second kappa shape index (κ2) is 6.29. The largest absolute Gasteiger partial charge is 0.493 e. The SMILES string of the molecule is CCNCc1cc(OC)c(OC)cc1-c1ccoc1. The fraction of sp³-hybridized carbons (Fsp3) is 0.333. The van der Waals surface area contributed by atoms with Gasteiger partial charge in [-0.1, -0.05) is 6.92 Å². The van der Waals surface area contributed by atoms with Gasteiger partial charge < -0.3 is 19.2 Å². The van der Waals surface area contributed by atoms with Gasteiger partial charge in [-0.25, -0.2) is 0 Å². The summed E-state index contributed by atoms with van der Waals surface area (Å²) in [4.78, 5) is 0. The third kappa shape index (κ3) is 2.90. The first-order valence-electron chi connectivity index (χ1n) is 6.28. The third-order valence-electron chi connectivity index (χ3n) is 3.01. The lowest BCUT2D eigenvalue weighted by Gasteiger charge is -2.14. The summed E-state index contributed by atoms with van der Waals surface area (Å²) in [5, 5.41) is 3.33. The standard InChI is InChI=1S/C15H19NO3/c1-4-16-9-12-7-14(17-2)15(18-3)8-13(12)11-5-6-19-10-11/h5-8,10,16H,4,9H2,1-3H3. The predicted octanol–water partition coefficient (Wildman–Crippen LogP) is 3.07. The second-order valence-electron chi connectivity index (χ2n) is 4.16. The summed E-state index contributed by atoms with van der Waals surface area (Å²) in [5.74, 6) is 1.46. The maximum Gasteiger partial charge on any atom is 0.161 e. The molecule has 0 bridgehead atoms. The molecule has 1 heterocycles. The topological polar surface area (TPSA) is 43.6 Å². The molecule has 0 amide bonds. The molecule has 2 aromatic rings. The van der Waals surface area contributed by atoms with Crippen molar-refractivity contribution < 1.29 is 13.9 Å². The Morgan fingerprint density at radius 2 is 1.89 bits per heavy atom. The molecular formula is C15H19NO3. The van der Waals surface area contributed by atoms with Crippen LogP contribution in [0.4, 0.5) is 0 Å². The van der Waals surface area contributed by atoms with Crippen molar-refractivity contribution in [3.63, 3.8) is 0 Å². The zero-order valence-corrected chi connectivity index (χ0v) is 11.5. The van der Waals surface area contributed by atoms with Gasteiger partial charge in [-0.15, -0.1) is 0 Å². The highest BCUT2D eigenvalue weighted by molar-refractivity contribution is 5.70. The van der Waals surface area contributed by atoms with Crippen molar-refractivity contribution in [1.82, 2.24) is 5.32 Å². The molecule has 1 aromatic carbocycles. The van der Waals surface area contributed by atoms with Gasteiger partial charge in [-0.2, -0.15) is 0 Å². The van der Waals surface area contributed by atoms with Gasteiger partial charge in [-0.05, 0) is 35.9 Å². The molecule has 4 nitrogen and oxygen atoms in total. The minimum atomic E-state index is 0.721. The van der Waals surface area contributed by atoms with E-state index in [9.17, 15) is 0 Å². The average molecular weight is 261 g/mol. The highest BCUT2D eigenvalue weighted by Gasteiger charge is 2.13. The van der Waals surface area contributed by atoms with Crippen LogP contribution in [-0.4, -0.2) is 20.8 Å². The first-order valence-corrected chi connectivity index (χ1v) is 6.28. The normalized spacial score (nSPS) is 10.5. The fourth-order valence-electron chi connectivity index (χ4n) is 2.01. The second-order valence-corrected chi connectivity index (χ2v) is 4.16. The first kappa shape index (κ1) is 13.5. The van der Waals surface area contributed by atoms with Gasteiger partial charge in [0.2, 0.25) is 0 Å². The van der Waals surface area contributed by atoms with E-state index in [0.717, 1.165) is 41.3 Å². The quantitative estimate of drug-likeness (QED) is 0.868. The lowest BCUT2D eigenvalue weighted by Crippen LogP contribution is -2.12. The van der Waals surface area contributed by atoms with E-state index in [1.807, 2.05) is 18.2 Å². The van der Waals surface area contributed by atoms with Crippen LogP contribution in [0.25, 0.3) is 11.1 Å². The van der Waals surface area contributed by atoms with Gasteiger partial charge >= 0.3 is 0 Å². The van der Waals surface area contributed by atoms with Crippen LogP contribution in [0.3, 0.4) is 0 Å². The van der Waals surface area contributed by atoms with Crippen molar-refractivity contribution in [1.29, 1.82) is 0 Å². The third-order valence-corrected chi connectivity index (χ3v) is 3.01. The molecule has 0 radical (unpaired) electrons. The Labute approximate surface area is 113 Å². The summed E-state index contributed by atoms with van der Waals surface area (Å²) in [6.07, 6.45) is 3.40. The van der Waals surface area contributed by atoms with Crippen LogP contribution in [0, 0.1) is 0 Å². The fourth-order valence-corrected chi connectivity index (χ4v) is 2.01. The Hall–Kier alpha value is -1.94. The van der Waals surface area contributed by atoms with Crippen LogP contribution in [0.2, 0.25) is 0 Å². The van der Waals surface area contributed by atoms with Gasteiger partial charge in [0.25, 0.3) is 0 Å². The molecule has 0 aliphatic carbocycles. The molecule has 19 heavy (non-hydrogen) atoms. The molecule has 0 spiro atoms. The van der Waals surface area contributed by atoms with Crippen LogP contribution >= 0.6 is 0 Å². The summed E-state index contributed by atoms with van der Waals surface area (Å²) >= 11 is 0. The van der Waals surface area contributed by atoms with Crippen molar-refractivity contribution in [2.75, 3.05) is 20.8 Å². The molecular weight excluding hydrogens is 242 g/mol. The molecule has 0 fully saturated rings. The van der Waals surface area contributed by atoms with E-state index in [4.69, 9.17) is 13.9 Å². The average Bonchev–Trinajstić information content (AvgIpc) is 2.98. The highest BCUT2D eigenvalue weighted by atomic mass is 16.5. The monoisotopic (exact) mass is 261 g/mol. The van der Waals surface area contributed by atoms with E-state index in [-0.39, 0.29) is 0 Å². The van der Waals surface area contributed by atoms with E-state index in [1.54, 1.807) is 26.7 Å². The molecule has 1 aromatic heterocycles. The van der Waals surface area contributed by atoms with E-state index in [2.05, 4.69) is 12.2 Å². The molecule has 2 rings (SSSR count). The number of furan rings is 1. The molecule has 0 unspecified atom stereocenters. The summed E-state index contributed by atoms with van der Waals surface area (Å²) in [6.45, 7) is 3.77. The van der Waals surface area contributed by atoms with Crippen LogP contribution in [-0.2, 0) is 6.54 Å². The molecule has 0 atom stereocenters. The highest BCUT2D eigenvalue weighted by Crippen LogP contribution is 2.35. The van der Waals surface area contributed by atoms with Crippen molar-refractivity contribution in [3.8, 4) is 22.6 Å². The number of benzene rings is 1. The predicted molar refractivity (Wildman–Crippen MR) is 74.6 cm³/mol. The minimum Gasteiger partial charge on any atom is -0.493 e. The van der Waals surface area contributed by atoms with Gasteiger partial charge in [0.1, 0.15) is 0 Å². The van der Waals surface area contributed by atoms with Gasteiger partial charge in [0, 0.05) is 12.1 Å². The maximum absolute atomic E-state index is 5.36. The van der Waals surface area contributed by atoms with Crippen LogP contribution in [0.1, 0.15) is 12.5 Å². The number of hydrogen-bond donors (Lipinski definition) is 1. The number of rotatable bonds is 6. The minimum absolute atomic E-state index is 0.721. The summed E-state index contributed by atoms with van der Waals surface area (Å²) < 4.78 is 15.9. The Morgan fingerprint density at radius 3 is 2.47 bits per heavy atom. The van der Waals surface area contributed by atoms with Crippen molar-refractivity contribution in [2.24, 2.45) is 0 Å². The summed E-state index contributed by atoms with van der Waals surface area (Å²) in [6, 6.07) is 5.93. The lowest BCUT2D eigenvalue weighted by atomic mass is 10.0. The van der Waals surface area contributed by atoms with E-state index in [1.165, 1.54) is 0 Å². The molecule has 102 valence electrons. The lowest BCUT2D eigenvalue weighted by molar-refractivity contribution is 0.354. The first-order chi connectivity index (χ1) is 9.30. The number of nitrogens with one attached hydrogen (secondary N) is 1. The van der Waals surface area contributed by atoms with Crippen molar-refractivity contribution >= 4 is 0 Å². The molecule has 0 saturated heterocycles. The Balaban J connectivity index is 2.48. The molecule has 4 heteroatoms. The molecule has 1 N–H and O–H groups in total. The van der Waals surface area contributed by atoms with Gasteiger partial charge in [0.15, 0.2) is 11.5 Å². The van der Waals surface area contributed by atoms with Crippen molar-refractivity contribution in [3.05, 3.63) is 36.3 Å². The van der Waals surface area contributed by atoms with Crippen LogP contribution < -0.4 is 14.8 Å². The Morgan fingerprint density at radius 1 is 1.16 bits per heavy atom. The molecule has 0 aliphatic heterocycles. The number of methoxy groups -OCH3 is 2. The summed E-state index contributed by atoms with van der Waals surface area (Å²) in [5.41, 5.74) is 3.28. The van der Waals surface area contributed by atoms with E-state index < -0.39 is 0 Å². The Bertz CT molecular complexity index is 520. The van der Waals surface area contributed by atoms with Crippen molar-refractivity contribution in [2.45, 2.75) is 13.5 Å². The Kier molecular flexibility index (Phi) is 4.47. The zero-order chi connectivity index (χ0) is 13.7. The zero-order valence-electron chi connectivity index (χ0n) is 11.5. The number of hydrogen-bond acceptors (Lipinski definition) is 4. The van der Waals surface area contributed by atoms with E-state index >= 15 is 0 Å². The molecule has 0 saturated carbocycles. The molecule has 0 aliphatic rings. The number of ether oxygens (including phenoxy) is 2. The van der Waals surface area contributed by atoms with Crippen LogP contribution in [0.5, 0.6) is 11.5 Å². The van der Waals surface area contributed by atoms with Crippen LogP contribution in [0.15, 0.2) is 35.1 Å². The summed E-state index contributed by atoms with van der Waals surface area (Å²) in [7, 11) is 3.29. The van der Waals surface area contributed by atoms with E-state index in [0.29, 0.717) is 0 Å². The van der Waals surface area contributed by atoms with Gasteiger partial charge in [0.05, 0.1) is 26.7 Å².